The van der Waals surface area contributed by atoms with Crippen molar-refractivity contribution < 1.29 is 18.4 Å². The van der Waals surface area contributed by atoms with Gasteiger partial charge in [0.1, 0.15) is 5.69 Å². The van der Waals surface area contributed by atoms with Crippen molar-refractivity contribution in [3.63, 3.8) is 0 Å². The Bertz CT molecular complexity index is 1030. The SMILES string of the molecule is Cc1nc(CNC(=O)c2cc(NC(=O)c3cc(F)c(F)cc3Cl)n[nH]2)cs1.Cl.Cl. The van der Waals surface area contributed by atoms with Gasteiger partial charge < -0.3 is 10.6 Å². The third-order valence-electron chi connectivity index (χ3n) is 3.42. The van der Waals surface area contributed by atoms with Crippen LogP contribution in [-0.2, 0) is 6.54 Å². The third kappa shape index (κ3) is 6.10. The van der Waals surface area contributed by atoms with E-state index in [2.05, 4.69) is 25.8 Å². The lowest BCUT2D eigenvalue weighted by atomic mass is 10.2. The summed E-state index contributed by atoms with van der Waals surface area (Å²) in [5, 5.41) is 13.7. The Morgan fingerprint density at radius 3 is 2.52 bits per heavy atom. The number of nitrogens with one attached hydrogen (secondary N) is 3. The van der Waals surface area contributed by atoms with Crippen molar-refractivity contribution in [2.45, 2.75) is 13.5 Å². The largest absolute Gasteiger partial charge is 0.345 e. The van der Waals surface area contributed by atoms with Crippen LogP contribution in [0.3, 0.4) is 0 Å². The highest BCUT2D eigenvalue weighted by molar-refractivity contribution is 7.09. The summed E-state index contributed by atoms with van der Waals surface area (Å²) in [6.07, 6.45) is 0. The molecule has 3 rings (SSSR count). The number of H-pyrrole nitrogens is 1. The summed E-state index contributed by atoms with van der Waals surface area (Å²) in [7, 11) is 0. The van der Waals surface area contributed by atoms with Crippen LogP contribution in [0, 0.1) is 18.6 Å². The average Bonchev–Trinajstić information content (AvgIpc) is 3.25. The maximum absolute atomic E-state index is 13.3. The molecule has 0 radical (unpaired) electrons. The number of benzene rings is 1. The molecule has 7 nitrogen and oxygen atoms in total. The number of rotatable bonds is 5. The number of halogens is 5. The topological polar surface area (TPSA) is 99.8 Å². The van der Waals surface area contributed by atoms with E-state index in [0.29, 0.717) is 12.1 Å². The van der Waals surface area contributed by atoms with E-state index in [1.54, 1.807) is 0 Å². The number of hydrogen-bond acceptors (Lipinski definition) is 5. The van der Waals surface area contributed by atoms with Gasteiger partial charge in [-0.25, -0.2) is 13.8 Å². The van der Waals surface area contributed by atoms with Crippen molar-refractivity contribution in [2.24, 2.45) is 0 Å². The number of aromatic nitrogens is 3. The molecule has 0 bridgehead atoms. The Balaban J connectivity index is 0.00000210. The van der Waals surface area contributed by atoms with Crippen molar-refractivity contribution in [2.75, 3.05) is 5.32 Å². The number of anilines is 1. The van der Waals surface area contributed by atoms with Gasteiger partial charge in [0.25, 0.3) is 11.8 Å². The molecule has 2 amide bonds. The summed E-state index contributed by atoms with van der Waals surface area (Å²) in [5.41, 5.74) is 0.573. The molecule has 2 aromatic heterocycles. The first-order valence-corrected chi connectivity index (χ1v) is 8.79. The van der Waals surface area contributed by atoms with Crippen LogP contribution in [0.4, 0.5) is 14.6 Å². The van der Waals surface area contributed by atoms with Crippen LogP contribution < -0.4 is 10.6 Å². The van der Waals surface area contributed by atoms with Crippen molar-refractivity contribution in [3.8, 4) is 0 Å². The fourth-order valence-corrected chi connectivity index (χ4v) is 2.99. The summed E-state index contributed by atoms with van der Waals surface area (Å²) in [6, 6.07) is 2.69. The Morgan fingerprint density at radius 1 is 1.17 bits per heavy atom. The zero-order valence-electron chi connectivity index (χ0n) is 14.6. The Kier molecular flexibility index (Phi) is 8.96. The quantitative estimate of drug-likeness (QED) is 0.474. The van der Waals surface area contributed by atoms with Gasteiger partial charge >= 0.3 is 0 Å². The van der Waals surface area contributed by atoms with E-state index in [1.165, 1.54) is 17.4 Å². The van der Waals surface area contributed by atoms with Gasteiger partial charge in [-0.1, -0.05) is 11.6 Å². The van der Waals surface area contributed by atoms with Gasteiger partial charge in [0, 0.05) is 11.4 Å². The molecule has 156 valence electrons. The molecule has 0 atom stereocenters. The van der Waals surface area contributed by atoms with Gasteiger partial charge in [-0.05, 0) is 19.1 Å². The van der Waals surface area contributed by atoms with E-state index < -0.39 is 23.4 Å². The molecule has 0 aliphatic rings. The van der Waals surface area contributed by atoms with Crippen LogP contribution in [0.1, 0.15) is 31.5 Å². The zero-order chi connectivity index (χ0) is 19.6. The van der Waals surface area contributed by atoms with E-state index >= 15 is 0 Å². The van der Waals surface area contributed by atoms with Gasteiger partial charge in [0.15, 0.2) is 17.5 Å². The molecule has 13 heteroatoms. The number of nitrogens with zero attached hydrogens (tertiary/aromatic N) is 2. The first kappa shape index (κ1) is 24.8. The molecule has 3 N–H and O–H groups in total. The number of amides is 2. The fourth-order valence-electron chi connectivity index (χ4n) is 2.14. The van der Waals surface area contributed by atoms with Crippen LogP contribution in [-0.4, -0.2) is 27.0 Å². The molecule has 0 saturated heterocycles. The molecule has 29 heavy (non-hydrogen) atoms. The predicted molar refractivity (Wildman–Crippen MR) is 110 cm³/mol. The smallest absolute Gasteiger partial charge is 0.269 e. The normalized spacial score (nSPS) is 9.93. The second kappa shape index (κ2) is 10.5. The zero-order valence-corrected chi connectivity index (χ0v) is 17.8. The van der Waals surface area contributed by atoms with Crippen molar-refractivity contribution in [3.05, 3.63) is 62.2 Å². The van der Waals surface area contributed by atoms with Crippen molar-refractivity contribution in [1.29, 1.82) is 0 Å². The summed E-state index contributed by atoms with van der Waals surface area (Å²) < 4.78 is 26.4. The fraction of sp³-hybridized carbons (Fsp3) is 0.125. The van der Waals surface area contributed by atoms with Crippen LogP contribution in [0.5, 0.6) is 0 Å². The average molecular weight is 485 g/mol. The summed E-state index contributed by atoms with van der Waals surface area (Å²) in [5.74, 6) is -3.58. The molecule has 0 spiro atoms. The van der Waals surface area contributed by atoms with Gasteiger partial charge in [-0.15, -0.1) is 36.2 Å². The molecule has 0 saturated carbocycles. The maximum Gasteiger partial charge on any atom is 0.269 e. The van der Waals surface area contributed by atoms with Gasteiger partial charge in [0.2, 0.25) is 0 Å². The first-order chi connectivity index (χ1) is 12.8. The Morgan fingerprint density at radius 2 is 1.86 bits per heavy atom. The molecule has 3 aromatic rings. The van der Waals surface area contributed by atoms with Crippen molar-refractivity contribution in [1.82, 2.24) is 20.5 Å². The van der Waals surface area contributed by atoms with E-state index in [-0.39, 0.29) is 53.5 Å². The number of aromatic amines is 1. The van der Waals surface area contributed by atoms with Crippen molar-refractivity contribution >= 4 is 65.4 Å². The van der Waals surface area contributed by atoms with Crippen LogP contribution in [0.15, 0.2) is 23.6 Å². The minimum absolute atomic E-state index is 0. The number of carbonyl (C=O) groups excluding carboxylic acids is 2. The van der Waals surface area contributed by atoms with Gasteiger partial charge in [-0.2, -0.15) is 5.10 Å². The number of aryl methyl sites for hydroxylation is 1. The Hall–Kier alpha value is -2.27. The highest BCUT2D eigenvalue weighted by Gasteiger charge is 2.17. The second-order valence-electron chi connectivity index (χ2n) is 5.41. The second-order valence-corrected chi connectivity index (χ2v) is 6.88. The number of carbonyl (C=O) groups is 2. The summed E-state index contributed by atoms with van der Waals surface area (Å²) in [4.78, 5) is 28.5. The molecular weight excluding hydrogens is 471 g/mol. The summed E-state index contributed by atoms with van der Waals surface area (Å²) >= 11 is 7.23. The molecule has 0 aliphatic heterocycles. The number of thiazole rings is 1. The molecule has 0 aliphatic carbocycles. The molecule has 0 unspecified atom stereocenters. The minimum atomic E-state index is -1.20. The molecule has 0 fully saturated rings. The lowest BCUT2D eigenvalue weighted by Gasteiger charge is -2.05. The van der Waals surface area contributed by atoms with E-state index in [4.69, 9.17) is 11.6 Å². The number of hydrogen-bond donors (Lipinski definition) is 3. The van der Waals surface area contributed by atoms with Crippen LogP contribution >= 0.6 is 47.8 Å². The van der Waals surface area contributed by atoms with Gasteiger partial charge in [0.05, 0.1) is 27.8 Å². The van der Waals surface area contributed by atoms with Crippen LogP contribution in [0.25, 0.3) is 0 Å². The van der Waals surface area contributed by atoms with E-state index in [0.717, 1.165) is 10.7 Å². The third-order valence-corrected chi connectivity index (χ3v) is 4.55. The predicted octanol–water partition coefficient (Wildman–Crippen LogP) is 4.13. The van der Waals surface area contributed by atoms with Gasteiger partial charge in [-0.3, -0.25) is 14.7 Å². The minimum Gasteiger partial charge on any atom is -0.345 e. The molecular formula is C16H14Cl3F2N5O2S. The molecule has 1 aromatic carbocycles. The standard InChI is InChI=1S/C16H12ClF2N5O2S.2ClH/c1-7-21-8(6-27-7)5-20-16(26)13-4-14(24-23-13)22-15(25)9-2-11(18)12(19)3-10(9)17;;/h2-4,6H,5H2,1H3,(H,20,26)(H2,22,23,24,25);2*1H. The molecule has 2 heterocycles. The summed E-state index contributed by atoms with van der Waals surface area (Å²) in [6.45, 7) is 2.10. The highest BCUT2D eigenvalue weighted by atomic mass is 35.5. The van der Waals surface area contributed by atoms with Crippen LogP contribution in [0.2, 0.25) is 5.02 Å². The maximum atomic E-state index is 13.3. The first-order valence-electron chi connectivity index (χ1n) is 7.54. The lowest BCUT2D eigenvalue weighted by Crippen LogP contribution is -2.23. The van der Waals surface area contributed by atoms with E-state index in [9.17, 15) is 18.4 Å². The highest BCUT2D eigenvalue weighted by Crippen LogP contribution is 2.21. The lowest BCUT2D eigenvalue weighted by molar-refractivity contribution is 0.0944. The Labute approximate surface area is 185 Å². The van der Waals surface area contributed by atoms with E-state index in [1.807, 2.05) is 12.3 Å². The monoisotopic (exact) mass is 483 g/mol.